The van der Waals surface area contributed by atoms with Gasteiger partial charge in [0.1, 0.15) is 12.3 Å². The van der Waals surface area contributed by atoms with Crippen molar-refractivity contribution >= 4 is 17.5 Å². The highest BCUT2D eigenvalue weighted by Gasteiger charge is 2.33. The number of ether oxygens (including phenoxy) is 1. The van der Waals surface area contributed by atoms with Crippen LogP contribution in [0.3, 0.4) is 0 Å². The Kier molecular flexibility index (Phi) is 6.14. The molecule has 0 aliphatic carbocycles. The standard InChI is InChI=1S/C20H29N3O3/c1-16-14-23(17-7-6-8-18(13-17)26-2)20(25)15-22(16)19(24)9-12-21-10-4-3-5-11-21/h6-8,13,16H,3-5,9-12,14-15H2,1-2H3. The van der Waals surface area contributed by atoms with E-state index in [4.69, 9.17) is 4.74 Å². The number of hydrogen-bond acceptors (Lipinski definition) is 4. The zero-order valence-corrected chi connectivity index (χ0v) is 15.8. The summed E-state index contributed by atoms with van der Waals surface area (Å²) in [6.45, 7) is 5.66. The van der Waals surface area contributed by atoms with Gasteiger partial charge in [0, 0.05) is 37.3 Å². The van der Waals surface area contributed by atoms with Crippen molar-refractivity contribution in [3.8, 4) is 5.75 Å². The Morgan fingerprint density at radius 1 is 1.23 bits per heavy atom. The van der Waals surface area contributed by atoms with E-state index in [0.717, 1.165) is 31.1 Å². The molecule has 1 unspecified atom stereocenters. The number of rotatable bonds is 5. The number of benzene rings is 1. The van der Waals surface area contributed by atoms with E-state index < -0.39 is 0 Å². The van der Waals surface area contributed by atoms with E-state index >= 15 is 0 Å². The first-order chi connectivity index (χ1) is 12.6. The van der Waals surface area contributed by atoms with Crippen molar-refractivity contribution in [2.45, 2.75) is 38.6 Å². The third-order valence-electron chi connectivity index (χ3n) is 5.36. The molecule has 0 radical (unpaired) electrons. The average Bonchev–Trinajstić information content (AvgIpc) is 2.68. The smallest absolute Gasteiger partial charge is 0.246 e. The summed E-state index contributed by atoms with van der Waals surface area (Å²) in [4.78, 5) is 31.1. The van der Waals surface area contributed by atoms with Gasteiger partial charge < -0.3 is 19.4 Å². The topological polar surface area (TPSA) is 53.1 Å². The van der Waals surface area contributed by atoms with Gasteiger partial charge in [-0.15, -0.1) is 0 Å². The molecule has 0 spiro atoms. The van der Waals surface area contributed by atoms with Crippen LogP contribution in [-0.4, -0.2) is 67.5 Å². The predicted octanol–water partition coefficient (Wildman–Crippen LogP) is 2.13. The predicted molar refractivity (Wildman–Crippen MR) is 101 cm³/mol. The first kappa shape index (κ1) is 18.7. The lowest BCUT2D eigenvalue weighted by Crippen LogP contribution is -2.57. The van der Waals surface area contributed by atoms with Crippen LogP contribution in [0.15, 0.2) is 24.3 Å². The van der Waals surface area contributed by atoms with Crippen molar-refractivity contribution < 1.29 is 14.3 Å². The summed E-state index contributed by atoms with van der Waals surface area (Å²) in [6.07, 6.45) is 4.24. The fraction of sp³-hybridized carbons (Fsp3) is 0.600. The van der Waals surface area contributed by atoms with E-state index in [2.05, 4.69) is 4.90 Å². The van der Waals surface area contributed by atoms with Crippen LogP contribution in [0.25, 0.3) is 0 Å². The lowest BCUT2D eigenvalue weighted by molar-refractivity contribution is -0.139. The molecule has 142 valence electrons. The first-order valence-corrected chi connectivity index (χ1v) is 9.54. The van der Waals surface area contributed by atoms with Crippen molar-refractivity contribution in [2.75, 3.05) is 44.7 Å². The average molecular weight is 359 g/mol. The van der Waals surface area contributed by atoms with Gasteiger partial charge >= 0.3 is 0 Å². The van der Waals surface area contributed by atoms with Gasteiger partial charge in [0.15, 0.2) is 0 Å². The molecule has 2 aliphatic heterocycles. The molecule has 2 aliphatic rings. The highest BCUT2D eigenvalue weighted by atomic mass is 16.5. The zero-order chi connectivity index (χ0) is 18.5. The molecular formula is C20H29N3O3. The number of piperidine rings is 1. The first-order valence-electron chi connectivity index (χ1n) is 9.54. The molecule has 2 fully saturated rings. The Morgan fingerprint density at radius 2 is 2.00 bits per heavy atom. The Hall–Kier alpha value is -2.08. The Balaban J connectivity index is 1.58. The van der Waals surface area contributed by atoms with Crippen LogP contribution in [0.2, 0.25) is 0 Å². The number of methoxy groups -OCH3 is 1. The second-order valence-electron chi connectivity index (χ2n) is 7.23. The molecule has 6 heteroatoms. The molecule has 2 amide bonds. The summed E-state index contributed by atoms with van der Waals surface area (Å²) < 4.78 is 5.25. The Bertz CT molecular complexity index is 643. The molecule has 1 atom stereocenters. The highest BCUT2D eigenvalue weighted by molar-refractivity contribution is 5.98. The number of anilines is 1. The maximum absolute atomic E-state index is 12.6. The Labute approximate surface area is 155 Å². The largest absolute Gasteiger partial charge is 0.497 e. The molecule has 26 heavy (non-hydrogen) atoms. The summed E-state index contributed by atoms with van der Waals surface area (Å²) in [7, 11) is 1.61. The lowest BCUT2D eigenvalue weighted by Gasteiger charge is -2.39. The third kappa shape index (κ3) is 4.36. The molecule has 6 nitrogen and oxygen atoms in total. The van der Waals surface area contributed by atoms with E-state index in [9.17, 15) is 9.59 Å². The number of carbonyl (C=O) groups is 2. The molecule has 0 aromatic heterocycles. The maximum Gasteiger partial charge on any atom is 0.246 e. The fourth-order valence-corrected chi connectivity index (χ4v) is 3.79. The molecule has 1 aromatic carbocycles. The van der Waals surface area contributed by atoms with Gasteiger partial charge in [-0.05, 0) is 45.0 Å². The van der Waals surface area contributed by atoms with Gasteiger partial charge in [-0.1, -0.05) is 12.5 Å². The quantitative estimate of drug-likeness (QED) is 0.808. The van der Waals surface area contributed by atoms with E-state index in [0.29, 0.717) is 13.0 Å². The van der Waals surface area contributed by atoms with Crippen molar-refractivity contribution in [1.29, 1.82) is 0 Å². The fourth-order valence-electron chi connectivity index (χ4n) is 3.79. The van der Waals surface area contributed by atoms with Crippen molar-refractivity contribution in [3.63, 3.8) is 0 Å². The number of piperazine rings is 1. The van der Waals surface area contributed by atoms with Gasteiger partial charge in [0.05, 0.1) is 7.11 Å². The van der Waals surface area contributed by atoms with Crippen LogP contribution in [0.5, 0.6) is 5.75 Å². The molecule has 2 saturated heterocycles. The summed E-state index contributed by atoms with van der Waals surface area (Å²) in [6, 6.07) is 7.51. The molecular weight excluding hydrogens is 330 g/mol. The normalized spacial score (nSPS) is 21.8. The molecule has 0 N–H and O–H groups in total. The lowest BCUT2D eigenvalue weighted by atomic mass is 10.1. The molecule has 3 rings (SSSR count). The second-order valence-corrected chi connectivity index (χ2v) is 7.23. The molecule has 1 aromatic rings. The minimum absolute atomic E-state index is 0.00718. The summed E-state index contributed by atoms with van der Waals surface area (Å²) in [5.74, 6) is 0.771. The number of hydrogen-bond donors (Lipinski definition) is 0. The van der Waals surface area contributed by atoms with Gasteiger partial charge in [-0.2, -0.15) is 0 Å². The molecule has 2 heterocycles. The van der Waals surface area contributed by atoms with Crippen LogP contribution < -0.4 is 9.64 Å². The zero-order valence-electron chi connectivity index (χ0n) is 15.8. The minimum atomic E-state index is -0.0392. The minimum Gasteiger partial charge on any atom is -0.497 e. The second kappa shape index (κ2) is 8.54. The summed E-state index contributed by atoms with van der Waals surface area (Å²) >= 11 is 0. The van der Waals surface area contributed by atoms with E-state index in [1.165, 1.54) is 19.3 Å². The van der Waals surface area contributed by atoms with Crippen molar-refractivity contribution in [3.05, 3.63) is 24.3 Å². The van der Waals surface area contributed by atoms with Crippen LogP contribution in [0, 0.1) is 0 Å². The van der Waals surface area contributed by atoms with E-state index in [1.807, 2.05) is 31.2 Å². The summed E-state index contributed by atoms with van der Waals surface area (Å²) in [5.41, 5.74) is 0.821. The van der Waals surface area contributed by atoms with Gasteiger partial charge in [0.2, 0.25) is 11.8 Å². The highest BCUT2D eigenvalue weighted by Crippen LogP contribution is 2.24. The van der Waals surface area contributed by atoms with E-state index in [-0.39, 0.29) is 24.4 Å². The number of carbonyl (C=O) groups excluding carboxylic acids is 2. The van der Waals surface area contributed by atoms with Crippen LogP contribution >= 0.6 is 0 Å². The van der Waals surface area contributed by atoms with Crippen LogP contribution in [0.4, 0.5) is 5.69 Å². The monoisotopic (exact) mass is 359 g/mol. The van der Waals surface area contributed by atoms with Gasteiger partial charge in [-0.25, -0.2) is 0 Å². The number of nitrogens with zero attached hydrogens (tertiary/aromatic N) is 3. The Morgan fingerprint density at radius 3 is 2.73 bits per heavy atom. The SMILES string of the molecule is COc1cccc(N2CC(C)N(C(=O)CCN3CCCCC3)CC2=O)c1. The van der Waals surface area contributed by atoms with Crippen LogP contribution in [0.1, 0.15) is 32.6 Å². The third-order valence-corrected chi connectivity index (χ3v) is 5.36. The maximum atomic E-state index is 12.6. The number of likely N-dealkylation sites (tertiary alicyclic amines) is 1. The van der Waals surface area contributed by atoms with E-state index in [1.54, 1.807) is 16.9 Å². The molecule has 0 saturated carbocycles. The van der Waals surface area contributed by atoms with Crippen molar-refractivity contribution in [1.82, 2.24) is 9.80 Å². The van der Waals surface area contributed by atoms with Gasteiger partial charge in [-0.3, -0.25) is 9.59 Å². The van der Waals surface area contributed by atoms with Crippen molar-refractivity contribution in [2.24, 2.45) is 0 Å². The molecule has 0 bridgehead atoms. The summed E-state index contributed by atoms with van der Waals surface area (Å²) in [5, 5.41) is 0. The van der Waals surface area contributed by atoms with Crippen LogP contribution in [-0.2, 0) is 9.59 Å². The number of amides is 2. The van der Waals surface area contributed by atoms with Gasteiger partial charge in [0.25, 0.3) is 0 Å².